The Morgan fingerprint density at radius 1 is 1.53 bits per heavy atom. The van der Waals surface area contributed by atoms with Crippen LogP contribution in [0.25, 0.3) is 0 Å². The van der Waals surface area contributed by atoms with Gasteiger partial charge in [-0.05, 0) is 23.8 Å². The van der Waals surface area contributed by atoms with Crippen LogP contribution in [0.4, 0.5) is 8.78 Å². The molecule has 0 radical (unpaired) electrons. The number of halogens is 3. The Kier molecular flexibility index (Phi) is 6.40. The number of ether oxygens (including phenoxy) is 1. The second kappa shape index (κ2) is 7.56. The van der Waals surface area contributed by atoms with E-state index in [1.165, 1.54) is 6.07 Å². The molecule has 0 unspecified atom stereocenters. The van der Waals surface area contributed by atoms with Crippen molar-refractivity contribution in [2.24, 2.45) is 0 Å². The number of carbonyl (C=O) groups is 1. The highest BCUT2D eigenvalue weighted by Crippen LogP contribution is 2.26. The molecule has 0 bridgehead atoms. The first-order valence-corrected chi connectivity index (χ1v) is 6.87. The minimum absolute atomic E-state index is 0.0271. The summed E-state index contributed by atoms with van der Waals surface area (Å²) in [6.07, 6.45) is -0.268. The van der Waals surface area contributed by atoms with E-state index >= 15 is 0 Å². The van der Waals surface area contributed by atoms with E-state index in [-0.39, 0.29) is 30.4 Å². The Morgan fingerprint density at radius 3 is 2.79 bits per heavy atom. The molecule has 1 atom stereocenters. The normalized spacial score (nSPS) is 12.0. The summed E-state index contributed by atoms with van der Waals surface area (Å²) >= 11 is 3.00. The van der Waals surface area contributed by atoms with Crippen LogP contribution in [0.1, 0.15) is 24.9 Å². The molecule has 104 valence electrons. The highest BCUT2D eigenvalue weighted by atomic mass is 79.9. The molecule has 1 aromatic rings. The van der Waals surface area contributed by atoms with E-state index in [1.54, 1.807) is 6.92 Å². The van der Waals surface area contributed by atoms with Gasteiger partial charge in [-0.1, -0.05) is 15.9 Å². The Labute approximate surface area is 121 Å². The summed E-state index contributed by atoms with van der Waals surface area (Å²) < 4.78 is 44.9. The third-order valence-electron chi connectivity index (χ3n) is 2.26. The lowest BCUT2D eigenvalue weighted by atomic mass is 10.0. The van der Waals surface area contributed by atoms with Crippen LogP contribution in [0.5, 0.6) is 0 Å². The van der Waals surface area contributed by atoms with Crippen molar-refractivity contribution in [1.29, 1.82) is 0 Å². The molecule has 0 spiro atoms. The zero-order valence-electron chi connectivity index (χ0n) is 9.91. The molecule has 0 aliphatic heterocycles. The minimum atomic E-state index is -1.10. The molecule has 8 heteroatoms. The molecular weight excluding hydrogens is 344 g/mol. The van der Waals surface area contributed by atoms with Gasteiger partial charge in [0.15, 0.2) is 11.6 Å². The van der Waals surface area contributed by atoms with E-state index in [9.17, 15) is 17.8 Å². The fourth-order valence-electron chi connectivity index (χ4n) is 1.49. The number of nitrogens with one attached hydrogen (secondary N) is 1. The van der Waals surface area contributed by atoms with Crippen LogP contribution in [0.15, 0.2) is 16.6 Å². The maximum atomic E-state index is 13.7. The summed E-state index contributed by atoms with van der Waals surface area (Å²) in [4.78, 5) is 11.4. The van der Waals surface area contributed by atoms with Gasteiger partial charge in [0.25, 0.3) is 0 Å². The summed E-state index contributed by atoms with van der Waals surface area (Å²) in [5.74, 6) is -2.76. The standard InChI is InChI=1S/C11H11BrF2NO3S/c1-2-18-10(16)5-9(15-19-17)7-3-6(12)4-8(13)11(7)14/h3-4,9H,2,5H2,1H3,(H,15,17)/q+1/t9-/m0/s1. The van der Waals surface area contributed by atoms with Gasteiger partial charge in [-0.25, -0.2) is 8.78 Å². The fourth-order valence-corrected chi connectivity index (χ4v) is 2.26. The van der Waals surface area contributed by atoms with E-state index in [4.69, 9.17) is 4.74 Å². The number of rotatable bonds is 6. The monoisotopic (exact) mass is 354 g/mol. The van der Waals surface area contributed by atoms with Crippen molar-refractivity contribution in [3.8, 4) is 0 Å². The predicted molar refractivity (Wildman–Crippen MR) is 69.2 cm³/mol. The molecule has 1 N–H and O–H groups in total. The van der Waals surface area contributed by atoms with Gasteiger partial charge in [-0.3, -0.25) is 4.79 Å². The summed E-state index contributed by atoms with van der Waals surface area (Å²) in [5, 5.41) is 0. The lowest BCUT2D eigenvalue weighted by Crippen LogP contribution is -2.23. The van der Waals surface area contributed by atoms with Crippen LogP contribution in [0, 0.1) is 11.6 Å². The maximum Gasteiger partial charge on any atom is 0.588 e. The summed E-state index contributed by atoms with van der Waals surface area (Å²) in [6.45, 7) is 1.80. The fraction of sp³-hybridized carbons (Fsp3) is 0.364. The minimum Gasteiger partial charge on any atom is -0.466 e. The summed E-state index contributed by atoms with van der Waals surface area (Å²) in [6, 6.07) is 1.31. The van der Waals surface area contributed by atoms with Gasteiger partial charge < -0.3 is 4.74 Å². The van der Waals surface area contributed by atoms with Crippen LogP contribution in [0.3, 0.4) is 0 Å². The molecule has 0 heterocycles. The molecule has 0 aromatic heterocycles. The third kappa shape index (κ3) is 4.55. The van der Waals surface area contributed by atoms with E-state index in [0.717, 1.165) is 6.07 Å². The lowest BCUT2D eigenvalue weighted by molar-refractivity contribution is -0.143. The third-order valence-corrected chi connectivity index (χ3v) is 3.10. The van der Waals surface area contributed by atoms with E-state index in [0.29, 0.717) is 4.47 Å². The second-order valence-corrected chi connectivity index (χ2v) is 4.87. The second-order valence-electron chi connectivity index (χ2n) is 3.55. The van der Waals surface area contributed by atoms with Crippen molar-refractivity contribution < 1.29 is 22.5 Å². The van der Waals surface area contributed by atoms with Gasteiger partial charge in [-0.2, -0.15) is 0 Å². The first kappa shape index (κ1) is 16.1. The number of benzene rings is 1. The highest BCUT2D eigenvalue weighted by molar-refractivity contribution is 9.10. The van der Waals surface area contributed by atoms with Gasteiger partial charge in [0, 0.05) is 10.0 Å². The summed E-state index contributed by atoms with van der Waals surface area (Å²) in [5.41, 5.74) is -0.108. The molecular formula is C11H11BrF2NO3S+. The average molecular weight is 355 g/mol. The van der Waals surface area contributed by atoms with Crippen LogP contribution >= 0.6 is 15.9 Å². The number of hydrogen-bond acceptors (Lipinski definition) is 3. The van der Waals surface area contributed by atoms with Crippen LogP contribution in [-0.2, 0) is 25.6 Å². The van der Waals surface area contributed by atoms with Gasteiger partial charge in [0.1, 0.15) is 6.04 Å². The molecule has 0 fully saturated rings. The molecule has 0 amide bonds. The van der Waals surface area contributed by atoms with Crippen molar-refractivity contribution in [1.82, 2.24) is 4.72 Å². The van der Waals surface area contributed by atoms with Crippen LogP contribution < -0.4 is 4.72 Å². The first-order chi connectivity index (χ1) is 8.99. The molecule has 0 saturated heterocycles. The smallest absolute Gasteiger partial charge is 0.466 e. The van der Waals surface area contributed by atoms with E-state index in [2.05, 4.69) is 20.7 Å². The Bertz CT molecular complexity index is 487. The van der Waals surface area contributed by atoms with Crippen LogP contribution in [-0.4, -0.2) is 12.6 Å². The van der Waals surface area contributed by atoms with E-state index in [1.807, 2.05) is 0 Å². The molecule has 19 heavy (non-hydrogen) atoms. The van der Waals surface area contributed by atoms with Crippen molar-refractivity contribution >= 4 is 33.8 Å². The zero-order valence-corrected chi connectivity index (χ0v) is 12.3. The summed E-state index contributed by atoms with van der Waals surface area (Å²) in [7, 11) is 0. The number of esters is 1. The molecule has 0 saturated carbocycles. The average Bonchev–Trinajstić information content (AvgIpc) is 2.33. The number of carbonyl (C=O) groups excluding carboxylic acids is 1. The Hall–Kier alpha value is -0.990. The largest absolute Gasteiger partial charge is 0.588 e. The Morgan fingerprint density at radius 2 is 2.21 bits per heavy atom. The topological polar surface area (TPSA) is 55.4 Å². The lowest BCUT2D eigenvalue weighted by Gasteiger charge is -2.12. The quantitative estimate of drug-likeness (QED) is 0.370. The Balaban J connectivity index is 3.04. The zero-order chi connectivity index (χ0) is 14.4. The van der Waals surface area contributed by atoms with Gasteiger partial charge in [0.05, 0.1) is 17.2 Å². The van der Waals surface area contributed by atoms with Crippen LogP contribution in [0.2, 0.25) is 0 Å². The molecule has 4 nitrogen and oxygen atoms in total. The molecule has 1 rings (SSSR count). The van der Waals surface area contributed by atoms with Crippen molar-refractivity contribution in [2.45, 2.75) is 19.4 Å². The molecule has 0 aliphatic carbocycles. The van der Waals surface area contributed by atoms with Gasteiger partial charge in [-0.15, -0.1) is 0 Å². The van der Waals surface area contributed by atoms with E-state index < -0.39 is 23.6 Å². The van der Waals surface area contributed by atoms with Gasteiger partial charge >= 0.3 is 17.8 Å². The maximum absolute atomic E-state index is 13.7. The molecule has 1 aromatic carbocycles. The molecule has 0 aliphatic rings. The first-order valence-electron chi connectivity index (χ1n) is 5.34. The number of hydrogen-bond donors (Lipinski definition) is 1. The predicted octanol–water partition coefficient (Wildman–Crippen LogP) is 2.65. The highest BCUT2D eigenvalue weighted by Gasteiger charge is 2.26. The van der Waals surface area contributed by atoms with Crippen molar-refractivity contribution in [3.63, 3.8) is 0 Å². The SMILES string of the molecule is CCOC(=O)C[C@H](N[S+]=O)c1cc(Br)cc(F)c1F. The van der Waals surface area contributed by atoms with Gasteiger partial charge in [0.2, 0.25) is 0 Å². The van der Waals surface area contributed by atoms with Crippen molar-refractivity contribution in [3.05, 3.63) is 33.8 Å². The van der Waals surface area contributed by atoms with Crippen molar-refractivity contribution in [2.75, 3.05) is 6.61 Å².